The molecule has 0 fully saturated rings. The molecule has 0 bridgehead atoms. The second kappa shape index (κ2) is 5.61. The first kappa shape index (κ1) is 12.5. The molecule has 0 unspecified atom stereocenters. The molecule has 2 N–H and O–H groups in total. The molecule has 0 heterocycles. The van der Waals surface area contributed by atoms with Gasteiger partial charge >= 0.3 is 0 Å². The Kier molecular flexibility index (Phi) is 3.90. The SMILES string of the molecule is Cc1ccccc1-c1cccc(C(=O)CCN)c1. The summed E-state index contributed by atoms with van der Waals surface area (Å²) in [7, 11) is 0. The van der Waals surface area contributed by atoms with Crippen LogP contribution in [0.1, 0.15) is 22.3 Å². The summed E-state index contributed by atoms with van der Waals surface area (Å²) in [5.41, 5.74) is 9.61. The summed E-state index contributed by atoms with van der Waals surface area (Å²) in [6.45, 7) is 2.47. The predicted octanol–water partition coefficient (Wildman–Crippen LogP) is 3.19. The van der Waals surface area contributed by atoms with E-state index in [-0.39, 0.29) is 5.78 Å². The third kappa shape index (κ3) is 2.66. The zero-order chi connectivity index (χ0) is 13.0. The van der Waals surface area contributed by atoms with Crippen molar-refractivity contribution >= 4 is 5.78 Å². The molecule has 2 nitrogen and oxygen atoms in total. The van der Waals surface area contributed by atoms with Gasteiger partial charge in [-0.15, -0.1) is 0 Å². The summed E-state index contributed by atoms with van der Waals surface area (Å²) in [6, 6.07) is 15.9. The smallest absolute Gasteiger partial charge is 0.164 e. The van der Waals surface area contributed by atoms with E-state index >= 15 is 0 Å². The summed E-state index contributed by atoms with van der Waals surface area (Å²) >= 11 is 0. The number of hydrogen-bond donors (Lipinski definition) is 1. The van der Waals surface area contributed by atoms with Gasteiger partial charge in [-0.3, -0.25) is 4.79 Å². The van der Waals surface area contributed by atoms with Crippen LogP contribution >= 0.6 is 0 Å². The average molecular weight is 239 g/mol. The van der Waals surface area contributed by atoms with Crippen molar-refractivity contribution in [1.29, 1.82) is 0 Å². The summed E-state index contributed by atoms with van der Waals surface area (Å²) < 4.78 is 0. The Hall–Kier alpha value is -1.93. The molecule has 0 spiro atoms. The molecule has 2 rings (SSSR count). The monoisotopic (exact) mass is 239 g/mol. The maximum Gasteiger partial charge on any atom is 0.164 e. The van der Waals surface area contributed by atoms with Gasteiger partial charge in [0.25, 0.3) is 0 Å². The molecule has 0 aliphatic rings. The number of carbonyl (C=O) groups is 1. The van der Waals surface area contributed by atoms with Crippen LogP contribution < -0.4 is 5.73 Å². The van der Waals surface area contributed by atoms with E-state index in [9.17, 15) is 4.79 Å². The van der Waals surface area contributed by atoms with Crippen LogP contribution in [0.5, 0.6) is 0 Å². The van der Waals surface area contributed by atoms with Crippen molar-refractivity contribution in [3.63, 3.8) is 0 Å². The number of Topliss-reactive ketones (excluding diaryl/α,β-unsaturated/α-hetero) is 1. The predicted molar refractivity (Wildman–Crippen MR) is 74.6 cm³/mol. The van der Waals surface area contributed by atoms with Crippen LogP contribution in [-0.2, 0) is 0 Å². The molecule has 2 aromatic rings. The van der Waals surface area contributed by atoms with Gasteiger partial charge in [-0.1, -0.05) is 42.5 Å². The lowest BCUT2D eigenvalue weighted by molar-refractivity contribution is 0.0985. The number of benzene rings is 2. The van der Waals surface area contributed by atoms with Gasteiger partial charge < -0.3 is 5.73 Å². The molecule has 2 aromatic carbocycles. The zero-order valence-corrected chi connectivity index (χ0v) is 10.5. The fraction of sp³-hybridized carbons (Fsp3) is 0.188. The number of nitrogens with two attached hydrogens (primary N) is 1. The summed E-state index contributed by atoms with van der Waals surface area (Å²) in [5, 5.41) is 0. The third-order valence-electron chi connectivity index (χ3n) is 3.01. The Morgan fingerprint density at radius 1 is 1.11 bits per heavy atom. The minimum absolute atomic E-state index is 0.105. The molecule has 92 valence electrons. The number of rotatable bonds is 4. The standard InChI is InChI=1S/C16H17NO/c1-12-5-2-3-8-15(12)13-6-4-7-14(11-13)16(18)9-10-17/h2-8,11H,9-10,17H2,1H3. The fourth-order valence-corrected chi connectivity index (χ4v) is 2.03. The van der Waals surface area contributed by atoms with Crippen molar-refractivity contribution in [3.8, 4) is 11.1 Å². The van der Waals surface area contributed by atoms with Crippen LogP contribution in [0, 0.1) is 6.92 Å². The molecular weight excluding hydrogens is 222 g/mol. The molecule has 0 atom stereocenters. The normalized spacial score (nSPS) is 10.3. The van der Waals surface area contributed by atoms with Crippen LogP contribution in [0.3, 0.4) is 0 Å². The van der Waals surface area contributed by atoms with E-state index in [2.05, 4.69) is 19.1 Å². The van der Waals surface area contributed by atoms with Crippen molar-refractivity contribution < 1.29 is 4.79 Å². The molecule has 0 aromatic heterocycles. The van der Waals surface area contributed by atoms with E-state index < -0.39 is 0 Å². The van der Waals surface area contributed by atoms with Crippen molar-refractivity contribution in [2.24, 2.45) is 5.73 Å². The minimum Gasteiger partial charge on any atom is -0.330 e. The number of hydrogen-bond acceptors (Lipinski definition) is 2. The zero-order valence-electron chi connectivity index (χ0n) is 10.5. The van der Waals surface area contributed by atoms with Gasteiger partial charge in [-0.25, -0.2) is 0 Å². The lowest BCUT2D eigenvalue weighted by atomic mass is 9.97. The second-order valence-corrected chi connectivity index (χ2v) is 4.36. The average Bonchev–Trinajstić information content (AvgIpc) is 2.40. The molecule has 0 aliphatic heterocycles. The third-order valence-corrected chi connectivity index (χ3v) is 3.01. The molecule has 0 aliphatic carbocycles. The van der Waals surface area contributed by atoms with Gasteiger partial charge in [-0.05, 0) is 36.2 Å². The van der Waals surface area contributed by atoms with Crippen LogP contribution in [0.4, 0.5) is 0 Å². The van der Waals surface area contributed by atoms with Crippen molar-refractivity contribution in [2.75, 3.05) is 6.54 Å². The van der Waals surface area contributed by atoms with Crippen molar-refractivity contribution in [1.82, 2.24) is 0 Å². The van der Waals surface area contributed by atoms with Gasteiger partial charge in [0.05, 0.1) is 0 Å². The van der Waals surface area contributed by atoms with Crippen LogP contribution in [0.2, 0.25) is 0 Å². The van der Waals surface area contributed by atoms with E-state index in [1.165, 1.54) is 11.1 Å². The summed E-state index contributed by atoms with van der Waals surface area (Å²) in [5.74, 6) is 0.105. The number of aryl methyl sites for hydroxylation is 1. The van der Waals surface area contributed by atoms with Crippen molar-refractivity contribution in [2.45, 2.75) is 13.3 Å². The van der Waals surface area contributed by atoms with Gasteiger partial charge in [0.1, 0.15) is 0 Å². The Morgan fingerprint density at radius 2 is 1.89 bits per heavy atom. The van der Waals surface area contributed by atoms with E-state index in [1.807, 2.05) is 36.4 Å². The van der Waals surface area contributed by atoms with E-state index in [4.69, 9.17) is 5.73 Å². The van der Waals surface area contributed by atoms with Gasteiger partial charge in [-0.2, -0.15) is 0 Å². The molecule has 0 radical (unpaired) electrons. The number of ketones is 1. The lowest BCUT2D eigenvalue weighted by Crippen LogP contribution is -2.08. The minimum atomic E-state index is 0.105. The summed E-state index contributed by atoms with van der Waals surface area (Å²) in [4.78, 5) is 11.8. The topological polar surface area (TPSA) is 43.1 Å². The highest BCUT2D eigenvalue weighted by atomic mass is 16.1. The maximum atomic E-state index is 11.8. The molecule has 18 heavy (non-hydrogen) atoms. The maximum absolute atomic E-state index is 11.8. The van der Waals surface area contributed by atoms with Crippen LogP contribution in [0.15, 0.2) is 48.5 Å². The van der Waals surface area contributed by atoms with E-state index in [1.54, 1.807) is 0 Å². The van der Waals surface area contributed by atoms with Gasteiger partial charge in [0.15, 0.2) is 5.78 Å². The second-order valence-electron chi connectivity index (χ2n) is 4.36. The highest BCUT2D eigenvalue weighted by Crippen LogP contribution is 2.24. The molecule has 0 saturated carbocycles. The van der Waals surface area contributed by atoms with Crippen LogP contribution in [0.25, 0.3) is 11.1 Å². The largest absolute Gasteiger partial charge is 0.330 e. The first-order valence-electron chi connectivity index (χ1n) is 6.11. The Morgan fingerprint density at radius 3 is 2.61 bits per heavy atom. The van der Waals surface area contributed by atoms with E-state index in [0.29, 0.717) is 13.0 Å². The molecule has 2 heteroatoms. The van der Waals surface area contributed by atoms with E-state index in [0.717, 1.165) is 11.1 Å². The van der Waals surface area contributed by atoms with Gasteiger partial charge in [0, 0.05) is 12.0 Å². The highest BCUT2D eigenvalue weighted by molar-refractivity contribution is 5.97. The quantitative estimate of drug-likeness (QED) is 0.833. The Labute approximate surface area is 107 Å². The fourth-order valence-electron chi connectivity index (χ4n) is 2.03. The molecule has 0 saturated heterocycles. The molecule has 0 amide bonds. The number of carbonyl (C=O) groups excluding carboxylic acids is 1. The lowest BCUT2D eigenvalue weighted by Gasteiger charge is -2.07. The first-order chi connectivity index (χ1) is 8.72. The van der Waals surface area contributed by atoms with Crippen molar-refractivity contribution in [3.05, 3.63) is 59.7 Å². The summed E-state index contributed by atoms with van der Waals surface area (Å²) in [6.07, 6.45) is 0.400. The first-order valence-corrected chi connectivity index (χ1v) is 6.11. The Bertz CT molecular complexity index is 561. The molecular formula is C16H17NO. The Balaban J connectivity index is 2.39. The van der Waals surface area contributed by atoms with Crippen LogP contribution in [-0.4, -0.2) is 12.3 Å². The highest BCUT2D eigenvalue weighted by Gasteiger charge is 2.07. The van der Waals surface area contributed by atoms with Gasteiger partial charge in [0.2, 0.25) is 0 Å².